The smallest absolute Gasteiger partial charge is 0.0943 e. The van der Waals surface area contributed by atoms with Crippen LogP contribution in [0, 0.1) is 5.92 Å². The number of benzene rings is 1. The fraction of sp³-hybridized carbons (Fsp3) is 0.500. The molecule has 0 aromatic heterocycles. The fourth-order valence-electron chi connectivity index (χ4n) is 1.46. The fourth-order valence-corrected chi connectivity index (χ4v) is 1.46. The van der Waals surface area contributed by atoms with E-state index in [0.29, 0.717) is 5.92 Å². The molecule has 0 spiro atoms. The van der Waals surface area contributed by atoms with Gasteiger partial charge >= 0.3 is 0 Å². The average Bonchev–Trinajstić information content (AvgIpc) is 2.27. The Hall–Kier alpha value is -0.860. The summed E-state index contributed by atoms with van der Waals surface area (Å²) in [7, 11) is 0. The summed E-state index contributed by atoms with van der Waals surface area (Å²) in [6.45, 7) is 4.15. The summed E-state index contributed by atoms with van der Waals surface area (Å²) in [5.74, 6) is 0.338. The van der Waals surface area contributed by atoms with Crippen LogP contribution in [-0.2, 0) is 0 Å². The van der Waals surface area contributed by atoms with Gasteiger partial charge in [-0.05, 0) is 11.5 Å². The molecule has 0 saturated heterocycles. The van der Waals surface area contributed by atoms with Crippen molar-refractivity contribution in [2.45, 2.75) is 32.4 Å². The predicted octanol–water partition coefficient (Wildman–Crippen LogP) is 2.09. The molecule has 3 atom stereocenters. The summed E-state index contributed by atoms with van der Waals surface area (Å²) in [6.07, 6.45) is 0.441. The zero-order chi connectivity index (χ0) is 10.6. The quantitative estimate of drug-likeness (QED) is 0.769. The lowest BCUT2D eigenvalue weighted by Gasteiger charge is -2.24. The first kappa shape index (κ1) is 11.2. The first-order valence-corrected chi connectivity index (χ1v) is 5.15. The highest BCUT2D eigenvalue weighted by Crippen LogP contribution is 2.21. The van der Waals surface area contributed by atoms with Crippen LogP contribution in [0.15, 0.2) is 30.3 Å². The Labute approximate surface area is 85.8 Å². The van der Waals surface area contributed by atoms with Gasteiger partial charge in [0.1, 0.15) is 0 Å². The van der Waals surface area contributed by atoms with Crippen LogP contribution < -0.4 is 5.73 Å². The van der Waals surface area contributed by atoms with Gasteiger partial charge in [0, 0.05) is 6.04 Å². The van der Waals surface area contributed by atoms with Crippen molar-refractivity contribution in [3.05, 3.63) is 35.9 Å². The summed E-state index contributed by atoms with van der Waals surface area (Å²) < 4.78 is 0. The molecule has 0 heterocycles. The second-order valence-electron chi connectivity index (χ2n) is 3.82. The highest BCUT2D eigenvalue weighted by molar-refractivity contribution is 5.18. The molecule has 0 aliphatic carbocycles. The minimum Gasteiger partial charge on any atom is -0.387 e. The SMILES string of the molecule is CCC(C)[C@H](N)[C@H](O)c1ccccc1. The van der Waals surface area contributed by atoms with Gasteiger partial charge in [0.25, 0.3) is 0 Å². The lowest BCUT2D eigenvalue weighted by Crippen LogP contribution is -2.34. The van der Waals surface area contributed by atoms with E-state index in [-0.39, 0.29) is 6.04 Å². The van der Waals surface area contributed by atoms with E-state index in [9.17, 15) is 5.11 Å². The first-order chi connectivity index (χ1) is 6.66. The van der Waals surface area contributed by atoms with Gasteiger partial charge in [-0.2, -0.15) is 0 Å². The highest BCUT2D eigenvalue weighted by atomic mass is 16.3. The van der Waals surface area contributed by atoms with E-state index in [1.165, 1.54) is 0 Å². The Kier molecular flexibility index (Phi) is 4.11. The van der Waals surface area contributed by atoms with Crippen LogP contribution in [0.25, 0.3) is 0 Å². The maximum atomic E-state index is 9.97. The van der Waals surface area contributed by atoms with Crippen molar-refractivity contribution in [3.8, 4) is 0 Å². The molecule has 3 N–H and O–H groups in total. The van der Waals surface area contributed by atoms with E-state index in [4.69, 9.17) is 5.73 Å². The van der Waals surface area contributed by atoms with Crippen LogP contribution in [0.5, 0.6) is 0 Å². The first-order valence-electron chi connectivity index (χ1n) is 5.15. The second-order valence-corrected chi connectivity index (χ2v) is 3.82. The Morgan fingerprint density at radius 3 is 2.36 bits per heavy atom. The normalized spacial score (nSPS) is 17.4. The molecule has 78 valence electrons. The zero-order valence-corrected chi connectivity index (χ0v) is 8.85. The van der Waals surface area contributed by atoms with E-state index in [0.717, 1.165) is 12.0 Å². The van der Waals surface area contributed by atoms with Crippen molar-refractivity contribution < 1.29 is 5.11 Å². The van der Waals surface area contributed by atoms with Crippen LogP contribution in [0.3, 0.4) is 0 Å². The van der Waals surface area contributed by atoms with Crippen LogP contribution >= 0.6 is 0 Å². The number of aliphatic hydroxyl groups excluding tert-OH is 1. The summed E-state index contributed by atoms with van der Waals surface area (Å²) in [5.41, 5.74) is 6.86. The summed E-state index contributed by atoms with van der Waals surface area (Å²) in [4.78, 5) is 0. The van der Waals surface area contributed by atoms with Gasteiger partial charge in [-0.3, -0.25) is 0 Å². The molecule has 1 unspecified atom stereocenters. The van der Waals surface area contributed by atoms with Crippen molar-refractivity contribution in [1.82, 2.24) is 0 Å². The maximum Gasteiger partial charge on any atom is 0.0943 e. The molecule has 0 aliphatic rings. The van der Waals surface area contributed by atoms with Gasteiger partial charge in [-0.15, -0.1) is 0 Å². The van der Waals surface area contributed by atoms with Crippen molar-refractivity contribution in [1.29, 1.82) is 0 Å². The van der Waals surface area contributed by atoms with E-state index in [2.05, 4.69) is 13.8 Å². The molecule has 1 rings (SSSR count). The monoisotopic (exact) mass is 193 g/mol. The Morgan fingerprint density at radius 1 is 1.29 bits per heavy atom. The third-order valence-electron chi connectivity index (χ3n) is 2.81. The van der Waals surface area contributed by atoms with Crippen LogP contribution in [0.1, 0.15) is 31.9 Å². The van der Waals surface area contributed by atoms with Crippen molar-refractivity contribution in [3.63, 3.8) is 0 Å². The lowest BCUT2D eigenvalue weighted by molar-refractivity contribution is 0.120. The van der Waals surface area contributed by atoms with Gasteiger partial charge in [0.2, 0.25) is 0 Å². The number of hydrogen-bond acceptors (Lipinski definition) is 2. The molecule has 2 nitrogen and oxygen atoms in total. The molecular formula is C12H19NO. The molecule has 0 bridgehead atoms. The van der Waals surface area contributed by atoms with Crippen LogP contribution in [0.2, 0.25) is 0 Å². The van der Waals surface area contributed by atoms with Gasteiger partial charge in [0.15, 0.2) is 0 Å². The Balaban J connectivity index is 2.70. The molecule has 0 saturated carbocycles. The third kappa shape index (κ3) is 2.56. The minimum atomic E-state index is -0.550. The molecule has 0 fully saturated rings. The molecule has 0 amide bonds. The van der Waals surface area contributed by atoms with E-state index >= 15 is 0 Å². The summed E-state index contributed by atoms with van der Waals surface area (Å²) in [5, 5.41) is 9.97. The number of rotatable bonds is 4. The Bertz CT molecular complexity index is 260. The minimum absolute atomic E-state index is 0.178. The summed E-state index contributed by atoms with van der Waals surface area (Å²) >= 11 is 0. The topological polar surface area (TPSA) is 46.2 Å². The molecule has 1 aromatic rings. The maximum absolute atomic E-state index is 9.97. The van der Waals surface area contributed by atoms with E-state index in [1.807, 2.05) is 30.3 Å². The van der Waals surface area contributed by atoms with Gasteiger partial charge < -0.3 is 10.8 Å². The molecule has 1 aromatic carbocycles. The lowest BCUT2D eigenvalue weighted by atomic mass is 9.91. The highest BCUT2D eigenvalue weighted by Gasteiger charge is 2.21. The standard InChI is InChI=1S/C12H19NO/c1-3-9(2)11(13)12(14)10-7-5-4-6-8-10/h4-9,11-12,14H,3,13H2,1-2H3/t9?,11-,12+/m0/s1. The Morgan fingerprint density at radius 2 is 1.86 bits per heavy atom. The number of aliphatic hydroxyl groups is 1. The third-order valence-corrected chi connectivity index (χ3v) is 2.81. The van der Waals surface area contributed by atoms with Crippen LogP contribution in [-0.4, -0.2) is 11.1 Å². The zero-order valence-electron chi connectivity index (χ0n) is 8.85. The molecule has 2 heteroatoms. The van der Waals surface area contributed by atoms with Crippen molar-refractivity contribution in [2.75, 3.05) is 0 Å². The largest absolute Gasteiger partial charge is 0.387 e. The average molecular weight is 193 g/mol. The summed E-state index contributed by atoms with van der Waals surface area (Å²) in [6, 6.07) is 9.41. The predicted molar refractivity (Wildman–Crippen MR) is 58.8 cm³/mol. The number of hydrogen-bond donors (Lipinski definition) is 2. The molecular weight excluding hydrogens is 174 g/mol. The van der Waals surface area contributed by atoms with Crippen molar-refractivity contribution in [2.24, 2.45) is 11.7 Å². The van der Waals surface area contributed by atoms with Gasteiger partial charge in [-0.25, -0.2) is 0 Å². The van der Waals surface area contributed by atoms with E-state index < -0.39 is 6.10 Å². The van der Waals surface area contributed by atoms with Gasteiger partial charge in [0.05, 0.1) is 6.10 Å². The molecule has 14 heavy (non-hydrogen) atoms. The van der Waals surface area contributed by atoms with E-state index in [1.54, 1.807) is 0 Å². The van der Waals surface area contributed by atoms with Crippen molar-refractivity contribution >= 4 is 0 Å². The number of nitrogens with two attached hydrogens (primary N) is 1. The molecule has 0 radical (unpaired) electrons. The van der Waals surface area contributed by atoms with Crippen LogP contribution in [0.4, 0.5) is 0 Å². The second kappa shape index (κ2) is 5.13. The molecule has 0 aliphatic heterocycles. The van der Waals surface area contributed by atoms with Gasteiger partial charge in [-0.1, -0.05) is 50.6 Å².